The zero-order valence-electron chi connectivity index (χ0n) is 12.7. The zero-order chi connectivity index (χ0) is 16.1. The highest BCUT2D eigenvalue weighted by Crippen LogP contribution is 2.11. The number of aromatic amines is 1. The maximum absolute atomic E-state index is 12.0. The molecular weight excluding hydrogens is 288 g/mol. The van der Waals surface area contributed by atoms with Gasteiger partial charge in [-0.3, -0.25) is 9.59 Å². The van der Waals surface area contributed by atoms with Crippen molar-refractivity contribution in [3.05, 3.63) is 82.1 Å². The number of hydrogen-bond donors (Lipinski definition) is 2. The average molecular weight is 306 g/mol. The molecule has 1 amide bonds. The fourth-order valence-electron chi connectivity index (χ4n) is 2.51. The molecule has 3 rings (SSSR count). The lowest BCUT2D eigenvalue weighted by Crippen LogP contribution is -2.24. The number of amides is 1. The van der Waals surface area contributed by atoms with Crippen LogP contribution in [0.3, 0.4) is 0 Å². The van der Waals surface area contributed by atoms with Gasteiger partial charge >= 0.3 is 0 Å². The highest BCUT2D eigenvalue weighted by atomic mass is 16.1. The van der Waals surface area contributed by atoms with Crippen molar-refractivity contribution in [2.24, 2.45) is 0 Å². The van der Waals surface area contributed by atoms with Gasteiger partial charge in [-0.2, -0.15) is 0 Å². The van der Waals surface area contributed by atoms with E-state index in [0.29, 0.717) is 24.9 Å². The molecule has 0 fully saturated rings. The summed E-state index contributed by atoms with van der Waals surface area (Å²) in [5.41, 5.74) is 2.39. The average Bonchev–Trinajstić information content (AvgIpc) is 2.59. The number of nitrogens with one attached hydrogen (secondary N) is 2. The van der Waals surface area contributed by atoms with Crippen molar-refractivity contribution >= 4 is 16.8 Å². The molecule has 0 saturated carbocycles. The molecule has 0 aliphatic heterocycles. The van der Waals surface area contributed by atoms with E-state index in [1.54, 1.807) is 0 Å². The Bertz CT molecular complexity index is 869. The minimum absolute atomic E-state index is 0.0542. The summed E-state index contributed by atoms with van der Waals surface area (Å²) in [5, 5.41) is 3.85. The molecule has 0 atom stereocenters. The van der Waals surface area contributed by atoms with E-state index >= 15 is 0 Å². The van der Waals surface area contributed by atoms with E-state index in [9.17, 15) is 9.59 Å². The molecule has 0 unspecified atom stereocenters. The minimum atomic E-state index is -0.125. The second-order valence-corrected chi connectivity index (χ2v) is 5.47. The van der Waals surface area contributed by atoms with Crippen LogP contribution in [0.25, 0.3) is 10.9 Å². The number of para-hydroxylation sites is 1. The van der Waals surface area contributed by atoms with Crippen molar-refractivity contribution in [2.75, 3.05) is 0 Å². The summed E-state index contributed by atoms with van der Waals surface area (Å²) in [5.74, 6) is -0.0542. The number of aryl methyl sites for hydroxylation is 1. The molecule has 3 aromatic rings. The van der Waals surface area contributed by atoms with Gasteiger partial charge in [0.2, 0.25) is 5.91 Å². The SMILES string of the molecule is O=C(CCc1cc2ccccc2[nH]c1=O)NCc1ccccc1. The Kier molecular flexibility index (Phi) is 4.52. The summed E-state index contributed by atoms with van der Waals surface area (Å²) in [6.45, 7) is 0.508. The molecule has 0 saturated heterocycles. The van der Waals surface area contributed by atoms with Crippen molar-refractivity contribution < 1.29 is 4.79 Å². The third-order valence-electron chi connectivity index (χ3n) is 3.78. The number of carbonyl (C=O) groups is 1. The molecule has 0 radical (unpaired) electrons. The Balaban J connectivity index is 1.60. The van der Waals surface area contributed by atoms with Gasteiger partial charge in [-0.05, 0) is 29.5 Å². The lowest BCUT2D eigenvalue weighted by Gasteiger charge is -2.06. The number of aromatic nitrogens is 1. The minimum Gasteiger partial charge on any atom is -0.352 e. The van der Waals surface area contributed by atoms with Crippen molar-refractivity contribution in [3.63, 3.8) is 0 Å². The van der Waals surface area contributed by atoms with Gasteiger partial charge in [0, 0.05) is 24.0 Å². The number of fused-ring (bicyclic) bond motifs is 1. The quantitative estimate of drug-likeness (QED) is 0.761. The Labute approximate surface area is 134 Å². The molecule has 4 heteroatoms. The molecule has 23 heavy (non-hydrogen) atoms. The number of hydrogen-bond acceptors (Lipinski definition) is 2. The molecule has 0 spiro atoms. The summed E-state index contributed by atoms with van der Waals surface area (Å²) >= 11 is 0. The fraction of sp³-hybridized carbons (Fsp3) is 0.158. The molecule has 2 N–H and O–H groups in total. The summed E-state index contributed by atoms with van der Waals surface area (Å²) < 4.78 is 0. The highest BCUT2D eigenvalue weighted by molar-refractivity contribution is 5.79. The normalized spacial score (nSPS) is 10.6. The summed E-state index contributed by atoms with van der Waals surface area (Å²) in [6, 6.07) is 19.2. The van der Waals surface area contributed by atoms with E-state index in [1.807, 2.05) is 60.7 Å². The Morgan fingerprint density at radius 3 is 2.57 bits per heavy atom. The predicted molar refractivity (Wildman–Crippen MR) is 91.2 cm³/mol. The Morgan fingerprint density at radius 2 is 1.74 bits per heavy atom. The van der Waals surface area contributed by atoms with Crippen LogP contribution >= 0.6 is 0 Å². The topological polar surface area (TPSA) is 62.0 Å². The lowest BCUT2D eigenvalue weighted by atomic mass is 10.1. The van der Waals surface area contributed by atoms with Crippen LogP contribution < -0.4 is 10.9 Å². The maximum Gasteiger partial charge on any atom is 0.251 e. The first-order chi connectivity index (χ1) is 11.2. The van der Waals surface area contributed by atoms with E-state index in [4.69, 9.17) is 0 Å². The van der Waals surface area contributed by atoms with Crippen LogP contribution in [-0.4, -0.2) is 10.9 Å². The number of carbonyl (C=O) groups excluding carboxylic acids is 1. The van der Waals surface area contributed by atoms with Gasteiger partial charge in [-0.1, -0.05) is 48.5 Å². The van der Waals surface area contributed by atoms with Crippen LogP contribution in [0, 0.1) is 0 Å². The third-order valence-corrected chi connectivity index (χ3v) is 3.78. The monoisotopic (exact) mass is 306 g/mol. The second-order valence-electron chi connectivity index (χ2n) is 5.47. The first-order valence-electron chi connectivity index (χ1n) is 7.64. The Morgan fingerprint density at radius 1 is 1.00 bits per heavy atom. The van der Waals surface area contributed by atoms with Gasteiger partial charge in [0.05, 0.1) is 0 Å². The van der Waals surface area contributed by atoms with E-state index in [-0.39, 0.29) is 11.5 Å². The Hall–Kier alpha value is -2.88. The van der Waals surface area contributed by atoms with Gasteiger partial charge in [0.25, 0.3) is 5.56 Å². The highest BCUT2D eigenvalue weighted by Gasteiger charge is 2.06. The second kappa shape index (κ2) is 6.92. The van der Waals surface area contributed by atoms with Crippen molar-refractivity contribution in [1.29, 1.82) is 0 Å². The molecule has 1 aromatic heterocycles. The predicted octanol–water partition coefficient (Wildman–Crippen LogP) is 2.78. The van der Waals surface area contributed by atoms with Crippen LogP contribution in [0.4, 0.5) is 0 Å². The van der Waals surface area contributed by atoms with Gasteiger partial charge in [0.1, 0.15) is 0 Å². The fourth-order valence-corrected chi connectivity index (χ4v) is 2.51. The number of pyridine rings is 1. The number of rotatable bonds is 5. The number of benzene rings is 2. The molecule has 0 aliphatic carbocycles. The first-order valence-corrected chi connectivity index (χ1v) is 7.64. The molecule has 0 aliphatic rings. The molecule has 1 heterocycles. The summed E-state index contributed by atoms with van der Waals surface area (Å²) in [7, 11) is 0. The first kappa shape index (κ1) is 15.0. The smallest absolute Gasteiger partial charge is 0.251 e. The molecular formula is C19H18N2O2. The number of H-pyrrole nitrogens is 1. The van der Waals surface area contributed by atoms with Crippen LogP contribution in [0.1, 0.15) is 17.5 Å². The van der Waals surface area contributed by atoms with Gasteiger partial charge in [0.15, 0.2) is 0 Å². The lowest BCUT2D eigenvalue weighted by molar-refractivity contribution is -0.121. The van der Waals surface area contributed by atoms with E-state index in [0.717, 1.165) is 16.5 Å². The third kappa shape index (κ3) is 3.86. The largest absolute Gasteiger partial charge is 0.352 e. The van der Waals surface area contributed by atoms with Gasteiger partial charge in [-0.15, -0.1) is 0 Å². The van der Waals surface area contributed by atoms with Crippen LogP contribution in [0.5, 0.6) is 0 Å². The summed E-state index contributed by atoms with van der Waals surface area (Å²) in [6.07, 6.45) is 0.731. The van der Waals surface area contributed by atoms with E-state index < -0.39 is 0 Å². The zero-order valence-corrected chi connectivity index (χ0v) is 12.7. The van der Waals surface area contributed by atoms with E-state index in [1.165, 1.54) is 0 Å². The van der Waals surface area contributed by atoms with E-state index in [2.05, 4.69) is 10.3 Å². The summed E-state index contributed by atoms with van der Waals surface area (Å²) in [4.78, 5) is 26.8. The van der Waals surface area contributed by atoms with Crippen LogP contribution in [0.15, 0.2) is 65.5 Å². The van der Waals surface area contributed by atoms with Crippen LogP contribution in [0.2, 0.25) is 0 Å². The molecule has 4 nitrogen and oxygen atoms in total. The molecule has 2 aromatic carbocycles. The maximum atomic E-state index is 12.0. The molecule has 0 bridgehead atoms. The van der Waals surface area contributed by atoms with Gasteiger partial charge in [-0.25, -0.2) is 0 Å². The van der Waals surface area contributed by atoms with Crippen LogP contribution in [-0.2, 0) is 17.8 Å². The van der Waals surface area contributed by atoms with Crippen molar-refractivity contribution in [1.82, 2.24) is 10.3 Å². The van der Waals surface area contributed by atoms with Crippen molar-refractivity contribution in [3.8, 4) is 0 Å². The van der Waals surface area contributed by atoms with Crippen molar-refractivity contribution in [2.45, 2.75) is 19.4 Å². The van der Waals surface area contributed by atoms with Gasteiger partial charge < -0.3 is 10.3 Å². The standard InChI is InChI=1S/C19H18N2O2/c22-18(20-13-14-6-2-1-3-7-14)11-10-16-12-15-8-4-5-9-17(15)21-19(16)23/h1-9,12H,10-11,13H2,(H,20,22)(H,21,23). The molecule has 116 valence electrons.